The summed E-state index contributed by atoms with van der Waals surface area (Å²) in [6.45, 7) is -1.33. The van der Waals surface area contributed by atoms with Gasteiger partial charge >= 0.3 is 0 Å². The molecule has 0 aromatic carbocycles. The van der Waals surface area contributed by atoms with Crippen LogP contribution >= 0.6 is 0 Å². The molecule has 0 saturated heterocycles. The summed E-state index contributed by atoms with van der Waals surface area (Å²) in [5.41, 5.74) is 7.15. The van der Waals surface area contributed by atoms with E-state index in [0.717, 1.165) is 0 Å². The van der Waals surface area contributed by atoms with Crippen LogP contribution in [0.5, 0.6) is 0 Å². The monoisotopic (exact) mass is 210 g/mol. The van der Waals surface area contributed by atoms with E-state index in [4.69, 9.17) is 11.5 Å². The molecule has 1 aliphatic rings. The van der Waals surface area contributed by atoms with Crippen LogP contribution in [-0.4, -0.2) is 18.8 Å². The van der Waals surface area contributed by atoms with Crippen LogP contribution in [0.2, 0.25) is 0 Å². The van der Waals surface area contributed by atoms with E-state index in [1.807, 2.05) is 0 Å². The fraction of sp³-hybridized carbons (Fsp3) is 0.500. The molecule has 14 heavy (non-hydrogen) atoms. The topological polar surface area (TPSA) is 52.0 Å². The molecule has 1 rings (SSSR count). The van der Waals surface area contributed by atoms with Crippen LogP contribution in [0, 0.1) is 5.92 Å². The van der Waals surface area contributed by atoms with Crippen molar-refractivity contribution < 1.29 is 17.6 Å². The fourth-order valence-corrected chi connectivity index (χ4v) is 1.39. The Kier molecular flexibility index (Phi) is 2.96. The molecule has 0 aromatic rings. The van der Waals surface area contributed by atoms with Gasteiger partial charge in [-0.05, 0) is 0 Å². The van der Waals surface area contributed by atoms with Crippen LogP contribution < -0.4 is 11.5 Å². The Hall–Kier alpha value is -0.880. The first-order valence-corrected chi connectivity index (χ1v) is 3.99. The fourth-order valence-electron chi connectivity index (χ4n) is 1.39. The molecule has 0 aliphatic heterocycles. The van der Waals surface area contributed by atoms with Crippen LogP contribution in [0.25, 0.3) is 0 Å². The molecule has 1 aliphatic carbocycles. The quantitative estimate of drug-likeness (QED) is 0.674. The lowest BCUT2D eigenvalue weighted by Gasteiger charge is -2.32. The zero-order chi connectivity index (χ0) is 10.9. The third-order valence-electron chi connectivity index (χ3n) is 2.26. The molecule has 80 valence electrons. The summed E-state index contributed by atoms with van der Waals surface area (Å²) in [5.74, 6) is -5.93. The molecular weight excluding hydrogens is 200 g/mol. The van der Waals surface area contributed by atoms with E-state index in [-0.39, 0.29) is 0 Å². The van der Waals surface area contributed by atoms with E-state index < -0.39 is 42.2 Å². The molecule has 0 aromatic heterocycles. The van der Waals surface area contributed by atoms with Gasteiger partial charge in [0.25, 0.3) is 0 Å². The number of rotatable bonds is 2. The van der Waals surface area contributed by atoms with Gasteiger partial charge in [0.2, 0.25) is 0 Å². The second kappa shape index (κ2) is 3.70. The lowest BCUT2D eigenvalue weighted by molar-refractivity contribution is 0.103. The summed E-state index contributed by atoms with van der Waals surface area (Å²) >= 11 is 0. The number of nitrogens with two attached hydrogens (primary N) is 2. The van der Waals surface area contributed by atoms with Gasteiger partial charge in [0, 0.05) is 19.2 Å². The smallest absolute Gasteiger partial charge is 0.187 e. The zero-order valence-electron chi connectivity index (χ0n) is 7.24. The molecule has 4 N–H and O–H groups in total. The van der Waals surface area contributed by atoms with Gasteiger partial charge in [-0.15, -0.1) is 0 Å². The van der Waals surface area contributed by atoms with Crippen LogP contribution in [0.1, 0.15) is 0 Å². The first-order chi connectivity index (χ1) is 6.47. The summed E-state index contributed by atoms with van der Waals surface area (Å²) in [6, 6.07) is 0. The van der Waals surface area contributed by atoms with Crippen molar-refractivity contribution in [2.45, 2.75) is 5.67 Å². The van der Waals surface area contributed by atoms with Gasteiger partial charge in [-0.3, -0.25) is 0 Å². The van der Waals surface area contributed by atoms with Crippen molar-refractivity contribution in [3.63, 3.8) is 0 Å². The normalized spacial score (nSPS) is 33.3. The van der Waals surface area contributed by atoms with E-state index in [1.165, 1.54) is 0 Å². The van der Waals surface area contributed by atoms with Crippen molar-refractivity contribution >= 4 is 0 Å². The van der Waals surface area contributed by atoms with Crippen molar-refractivity contribution in [3.8, 4) is 0 Å². The molecular formula is C8H10F4N2. The van der Waals surface area contributed by atoms with Crippen molar-refractivity contribution in [1.29, 1.82) is 0 Å². The minimum atomic E-state index is -2.86. The SMILES string of the molecule is NCC1C(F)=CC(F)=C(F)C1(F)CN. The van der Waals surface area contributed by atoms with E-state index in [2.05, 4.69) is 0 Å². The third-order valence-corrected chi connectivity index (χ3v) is 2.26. The summed E-state index contributed by atoms with van der Waals surface area (Å²) in [5, 5.41) is 0. The van der Waals surface area contributed by atoms with E-state index in [1.54, 1.807) is 0 Å². The van der Waals surface area contributed by atoms with E-state index >= 15 is 0 Å². The van der Waals surface area contributed by atoms with Crippen LogP contribution in [0.15, 0.2) is 23.6 Å². The van der Waals surface area contributed by atoms with Crippen molar-refractivity contribution in [1.82, 2.24) is 0 Å². The molecule has 0 radical (unpaired) electrons. The maximum absolute atomic E-state index is 13.7. The maximum Gasteiger partial charge on any atom is 0.187 e. The maximum atomic E-state index is 13.7. The Bertz CT molecular complexity index is 300. The first-order valence-electron chi connectivity index (χ1n) is 3.99. The van der Waals surface area contributed by atoms with Crippen LogP contribution in [0.3, 0.4) is 0 Å². The van der Waals surface area contributed by atoms with Crippen molar-refractivity contribution in [3.05, 3.63) is 23.6 Å². The standard InChI is InChI=1S/C8H10F4N2/c9-5-1-6(10)7(11)8(12,3-14)4(5)2-13/h1,4H,2-3,13-14H2. The van der Waals surface area contributed by atoms with Crippen molar-refractivity contribution in [2.75, 3.05) is 13.1 Å². The zero-order valence-corrected chi connectivity index (χ0v) is 7.24. The molecule has 0 fully saturated rings. The van der Waals surface area contributed by atoms with Gasteiger partial charge in [-0.2, -0.15) is 0 Å². The van der Waals surface area contributed by atoms with E-state index in [0.29, 0.717) is 6.08 Å². The van der Waals surface area contributed by atoms with Gasteiger partial charge < -0.3 is 11.5 Å². The van der Waals surface area contributed by atoms with Gasteiger partial charge in [0.05, 0.1) is 5.92 Å². The summed E-state index contributed by atoms with van der Waals surface area (Å²) in [7, 11) is 0. The highest BCUT2D eigenvalue weighted by molar-refractivity contribution is 5.34. The Morgan fingerprint density at radius 1 is 1.29 bits per heavy atom. The average molecular weight is 210 g/mol. The Balaban J connectivity index is 3.21. The number of hydrogen-bond donors (Lipinski definition) is 2. The Morgan fingerprint density at radius 2 is 1.86 bits per heavy atom. The number of halogens is 4. The number of alkyl halides is 1. The molecule has 6 heteroatoms. The number of allylic oxidation sites excluding steroid dienone is 2. The van der Waals surface area contributed by atoms with Gasteiger partial charge in [0.15, 0.2) is 17.3 Å². The minimum absolute atomic E-state index is 0.292. The number of hydrogen-bond acceptors (Lipinski definition) is 2. The van der Waals surface area contributed by atoms with Gasteiger partial charge in [-0.1, -0.05) is 0 Å². The second-order valence-electron chi connectivity index (χ2n) is 3.05. The first kappa shape index (κ1) is 11.2. The molecule has 0 amide bonds. The molecule has 2 nitrogen and oxygen atoms in total. The highest BCUT2D eigenvalue weighted by Gasteiger charge is 2.48. The summed E-state index contributed by atoms with van der Waals surface area (Å²) in [6.07, 6.45) is 0.292. The third kappa shape index (κ3) is 1.44. The van der Waals surface area contributed by atoms with Crippen LogP contribution in [-0.2, 0) is 0 Å². The van der Waals surface area contributed by atoms with Gasteiger partial charge in [0.1, 0.15) is 5.83 Å². The lowest BCUT2D eigenvalue weighted by Crippen LogP contribution is -2.47. The van der Waals surface area contributed by atoms with Gasteiger partial charge in [-0.25, -0.2) is 17.6 Å². The highest BCUT2D eigenvalue weighted by Crippen LogP contribution is 2.41. The Labute approximate surface area is 78.3 Å². The molecule has 0 spiro atoms. The minimum Gasteiger partial charge on any atom is -0.330 e. The predicted molar refractivity (Wildman–Crippen MR) is 43.9 cm³/mol. The highest BCUT2D eigenvalue weighted by atomic mass is 19.2. The van der Waals surface area contributed by atoms with E-state index in [9.17, 15) is 17.6 Å². The average Bonchev–Trinajstić information content (AvgIpc) is 2.15. The molecule has 0 bridgehead atoms. The molecule has 0 saturated carbocycles. The molecule has 0 heterocycles. The Morgan fingerprint density at radius 3 is 2.29 bits per heavy atom. The molecule has 2 unspecified atom stereocenters. The van der Waals surface area contributed by atoms with Crippen LogP contribution in [0.4, 0.5) is 17.6 Å². The lowest BCUT2D eigenvalue weighted by atomic mass is 9.83. The second-order valence-corrected chi connectivity index (χ2v) is 3.05. The van der Waals surface area contributed by atoms with Crippen molar-refractivity contribution in [2.24, 2.45) is 17.4 Å². The summed E-state index contributed by atoms with van der Waals surface area (Å²) in [4.78, 5) is 0. The summed E-state index contributed by atoms with van der Waals surface area (Å²) < 4.78 is 52.4. The largest absolute Gasteiger partial charge is 0.330 e. The molecule has 2 atom stereocenters. The predicted octanol–water partition coefficient (Wildman–Crippen LogP) is 1.25.